The fraction of sp³-hybridized carbons (Fsp3) is 0.750. The van der Waals surface area contributed by atoms with Gasteiger partial charge in [0.2, 0.25) is 0 Å². The maximum absolute atomic E-state index is 10.9. The smallest absolute Gasteiger partial charge is 0.306 e. The van der Waals surface area contributed by atoms with Crippen LogP contribution >= 0.6 is 11.8 Å². The molecule has 0 aromatic rings. The molecule has 0 unspecified atom stereocenters. The largest absolute Gasteiger partial charge is 0.462 e. The molecule has 0 aliphatic carbocycles. The van der Waals surface area contributed by atoms with Crippen molar-refractivity contribution in [2.75, 3.05) is 25.2 Å². The molecule has 0 atom stereocenters. The second kappa shape index (κ2) is 7.91. The molecule has 0 aromatic heterocycles. The molecule has 0 saturated heterocycles. The summed E-state index contributed by atoms with van der Waals surface area (Å²) in [6.45, 7) is 1.60. The van der Waals surface area contributed by atoms with E-state index >= 15 is 0 Å². The highest BCUT2D eigenvalue weighted by Gasteiger charge is 2.01. The van der Waals surface area contributed by atoms with Crippen molar-refractivity contribution in [3.05, 3.63) is 0 Å². The Kier molecular flexibility index (Phi) is 7.48. The van der Waals surface area contributed by atoms with Crippen molar-refractivity contribution in [1.29, 1.82) is 0 Å². The van der Waals surface area contributed by atoms with E-state index in [2.05, 4.69) is 4.74 Å². The maximum atomic E-state index is 10.9. The molecule has 0 N–H and O–H groups in total. The van der Waals surface area contributed by atoms with Gasteiger partial charge in [-0.15, -0.1) is 0 Å². The van der Waals surface area contributed by atoms with E-state index in [4.69, 9.17) is 4.74 Å². The van der Waals surface area contributed by atoms with Crippen LogP contribution in [0, 0.1) is 0 Å². The summed E-state index contributed by atoms with van der Waals surface area (Å²) < 4.78 is 9.34. The second-order valence-corrected chi connectivity index (χ2v) is 3.29. The number of hydrogen-bond acceptors (Lipinski definition) is 5. The lowest BCUT2D eigenvalue weighted by Crippen LogP contribution is -2.12. The molecule has 76 valence electrons. The van der Waals surface area contributed by atoms with Crippen LogP contribution in [-0.4, -0.2) is 37.2 Å². The van der Waals surface area contributed by atoms with E-state index in [-0.39, 0.29) is 25.2 Å². The zero-order valence-corrected chi connectivity index (χ0v) is 8.69. The van der Waals surface area contributed by atoms with E-state index in [0.29, 0.717) is 6.42 Å². The molecular weight excluding hydrogens is 192 g/mol. The van der Waals surface area contributed by atoms with E-state index in [1.54, 1.807) is 11.8 Å². The SMILES string of the molecule is CSCCC(=O)OCCOC(C)=O. The number of rotatable bonds is 6. The Labute approximate surface area is 82.0 Å². The van der Waals surface area contributed by atoms with Crippen LogP contribution in [0.4, 0.5) is 0 Å². The molecule has 0 bridgehead atoms. The lowest BCUT2D eigenvalue weighted by atomic mass is 10.5. The minimum absolute atomic E-state index is 0.139. The summed E-state index contributed by atoms with van der Waals surface area (Å²) in [5.41, 5.74) is 0. The van der Waals surface area contributed by atoms with Crippen LogP contribution in [0.15, 0.2) is 0 Å². The molecule has 0 aliphatic heterocycles. The zero-order chi connectivity index (χ0) is 10.1. The number of ether oxygens (including phenoxy) is 2. The Morgan fingerprint density at radius 1 is 1.23 bits per heavy atom. The molecular formula is C8H14O4S. The number of hydrogen-bond donors (Lipinski definition) is 0. The number of carbonyl (C=O) groups is 2. The Morgan fingerprint density at radius 2 is 1.85 bits per heavy atom. The van der Waals surface area contributed by atoms with Gasteiger partial charge < -0.3 is 9.47 Å². The van der Waals surface area contributed by atoms with Gasteiger partial charge in [0.05, 0.1) is 6.42 Å². The first-order valence-electron chi connectivity index (χ1n) is 3.94. The summed E-state index contributed by atoms with van der Waals surface area (Å²) in [6, 6.07) is 0. The van der Waals surface area contributed by atoms with Crippen molar-refractivity contribution in [3.63, 3.8) is 0 Å². The van der Waals surface area contributed by atoms with E-state index in [1.165, 1.54) is 6.92 Å². The van der Waals surface area contributed by atoms with Gasteiger partial charge in [-0.3, -0.25) is 9.59 Å². The molecule has 0 aromatic carbocycles. The van der Waals surface area contributed by atoms with Crippen LogP contribution in [0.1, 0.15) is 13.3 Å². The van der Waals surface area contributed by atoms with Crippen LogP contribution in [0.5, 0.6) is 0 Å². The van der Waals surface area contributed by atoms with Crippen LogP contribution in [0.25, 0.3) is 0 Å². The topological polar surface area (TPSA) is 52.6 Å². The Morgan fingerprint density at radius 3 is 2.38 bits per heavy atom. The van der Waals surface area contributed by atoms with Crippen molar-refractivity contribution in [3.8, 4) is 0 Å². The van der Waals surface area contributed by atoms with Gasteiger partial charge in [-0.25, -0.2) is 0 Å². The van der Waals surface area contributed by atoms with Crippen molar-refractivity contribution in [2.24, 2.45) is 0 Å². The molecule has 0 spiro atoms. The molecule has 0 fully saturated rings. The molecule has 0 saturated carbocycles. The summed E-state index contributed by atoms with van der Waals surface area (Å²) >= 11 is 1.59. The highest BCUT2D eigenvalue weighted by atomic mass is 32.2. The Balaban J connectivity index is 3.22. The van der Waals surface area contributed by atoms with E-state index in [1.807, 2.05) is 6.26 Å². The van der Waals surface area contributed by atoms with Gasteiger partial charge in [0.25, 0.3) is 0 Å². The summed E-state index contributed by atoms with van der Waals surface area (Å²) in [4.78, 5) is 21.2. The summed E-state index contributed by atoms with van der Waals surface area (Å²) in [7, 11) is 0. The van der Waals surface area contributed by atoms with Gasteiger partial charge >= 0.3 is 11.9 Å². The van der Waals surface area contributed by atoms with Crippen molar-refractivity contribution < 1.29 is 19.1 Å². The molecule has 5 heteroatoms. The van der Waals surface area contributed by atoms with Gasteiger partial charge in [0.15, 0.2) is 0 Å². The summed E-state index contributed by atoms with van der Waals surface area (Å²) in [5, 5.41) is 0. The number of thioether (sulfide) groups is 1. The molecule has 13 heavy (non-hydrogen) atoms. The van der Waals surface area contributed by atoms with Crippen LogP contribution < -0.4 is 0 Å². The van der Waals surface area contributed by atoms with E-state index in [0.717, 1.165) is 5.75 Å². The van der Waals surface area contributed by atoms with Crippen LogP contribution in [0.3, 0.4) is 0 Å². The first-order valence-corrected chi connectivity index (χ1v) is 5.34. The third-order valence-corrected chi connectivity index (χ3v) is 1.77. The van der Waals surface area contributed by atoms with Crippen LogP contribution in [0.2, 0.25) is 0 Å². The van der Waals surface area contributed by atoms with Gasteiger partial charge in [-0.05, 0) is 6.26 Å². The summed E-state index contributed by atoms with van der Waals surface area (Å²) in [6.07, 6.45) is 2.33. The van der Waals surface area contributed by atoms with Gasteiger partial charge in [-0.1, -0.05) is 0 Å². The standard InChI is InChI=1S/C8H14O4S/c1-7(9)11-4-5-12-8(10)3-6-13-2/h3-6H2,1-2H3. The third kappa shape index (κ3) is 9.20. The molecule has 0 aliphatic rings. The van der Waals surface area contributed by atoms with Crippen LogP contribution in [-0.2, 0) is 19.1 Å². The van der Waals surface area contributed by atoms with Gasteiger partial charge in [-0.2, -0.15) is 11.8 Å². The zero-order valence-electron chi connectivity index (χ0n) is 7.87. The van der Waals surface area contributed by atoms with E-state index in [9.17, 15) is 9.59 Å². The Bertz CT molecular complexity index is 170. The highest BCUT2D eigenvalue weighted by Crippen LogP contribution is 1.96. The minimum atomic E-state index is -0.361. The van der Waals surface area contributed by atoms with Crippen molar-refractivity contribution in [1.82, 2.24) is 0 Å². The lowest BCUT2D eigenvalue weighted by Gasteiger charge is -2.03. The third-order valence-electron chi connectivity index (χ3n) is 1.16. The minimum Gasteiger partial charge on any atom is -0.462 e. The maximum Gasteiger partial charge on any atom is 0.306 e. The number of carbonyl (C=O) groups excluding carboxylic acids is 2. The highest BCUT2D eigenvalue weighted by molar-refractivity contribution is 7.98. The fourth-order valence-corrected chi connectivity index (χ4v) is 0.969. The molecule has 0 amide bonds. The lowest BCUT2D eigenvalue weighted by molar-refractivity contribution is -0.150. The molecule has 0 rings (SSSR count). The molecule has 0 radical (unpaired) electrons. The van der Waals surface area contributed by atoms with E-state index < -0.39 is 0 Å². The molecule has 0 heterocycles. The van der Waals surface area contributed by atoms with Crippen molar-refractivity contribution in [2.45, 2.75) is 13.3 Å². The predicted molar refractivity (Wildman–Crippen MR) is 50.6 cm³/mol. The number of esters is 2. The van der Waals surface area contributed by atoms with Gasteiger partial charge in [0.1, 0.15) is 13.2 Å². The first-order chi connectivity index (χ1) is 6.16. The second-order valence-electron chi connectivity index (χ2n) is 2.30. The average Bonchev–Trinajstić information content (AvgIpc) is 2.08. The Hall–Kier alpha value is -0.710. The predicted octanol–water partition coefficient (Wildman–Crippen LogP) is 0.846. The monoisotopic (exact) mass is 206 g/mol. The quantitative estimate of drug-likeness (QED) is 0.476. The fourth-order valence-electron chi connectivity index (χ4n) is 0.598. The van der Waals surface area contributed by atoms with Crippen molar-refractivity contribution >= 4 is 23.7 Å². The van der Waals surface area contributed by atoms with Gasteiger partial charge in [0, 0.05) is 12.7 Å². The summed E-state index contributed by atoms with van der Waals surface area (Å²) in [5.74, 6) is 0.147. The molecule has 4 nitrogen and oxygen atoms in total. The normalized spacial score (nSPS) is 9.38. The first kappa shape index (κ1) is 12.3. The average molecular weight is 206 g/mol.